The SMILES string of the molecule is CC(C)CCN=C1NC(=O)[C@H](CC(=O)Nc2ccc(OC(F)(F)F)cc2)S1. The van der Waals surface area contributed by atoms with Gasteiger partial charge < -0.3 is 15.4 Å². The molecule has 0 unspecified atom stereocenters. The first-order chi connectivity index (χ1) is 12.6. The third kappa shape index (κ3) is 7.49. The minimum Gasteiger partial charge on any atom is -0.406 e. The molecule has 0 spiro atoms. The number of aliphatic imine (C=N–C) groups is 1. The molecule has 2 rings (SSSR count). The largest absolute Gasteiger partial charge is 0.573 e. The zero-order chi connectivity index (χ0) is 20.0. The molecule has 0 aromatic heterocycles. The number of nitrogens with one attached hydrogen (secondary N) is 2. The summed E-state index contributed by atoms with van der Waals surface area (Å²) < 4.78 is 40.1. The van der Waals surface area contributed by atoms with Crippen LogP contribution in [-0.4, -0.2) is 35.1 Å². The number of benzene rings is 1. The van der Waals surface area contributed by atoms with E-state index in [1.807, 2.05) is 0 Å². The van der Waals surface area contributed by atoms with E-state index in [4.69, 9.17) is 0 Å². The summed E-state index contributed by atoms with van der Waals surface area (Å²) in [5.74, 6) is -0.581. The maximum atomic E-state index is 12.1. The van der Waals surface area contributed by atoms with Gasteiger partial charge in [-0.2, -0.15) is 0 Å². The Bertz CT molecular complexity index is 706. The molecule has 1 saturated heterocycles. The number of hydrogen-bond acceptors (Lipinski definition) is 5. The van der Waals surface area contributed by atoms with Crippen LogP contribution in [0.2, 0.25) is 0 Å². The molecule has 1 fully saturated rings. The number of ether oxygens (including phenoxy) is 1. The fraction of sp³-hybridized carbons (Fsp3) is 0.471. The number of halogens is 3. The first-order valence-electron chi connectivity index (χ1n) is 8.30. The Morgan fingerprint density at radius 2 is 2.00 bits per heavy atom. The van der Waals surface area contributed by atoms with Gasteiger partial charge in [0.1, 0.15) is 11.0 Å². The van der Waals surface area contributed by atoms with Crippen molar-refractivity contribution >= 4 is 34.4 Å². The lowest BCUT2D eigenvalue weighted by molar-refractivity contribution is -0.274. The summed E-state index contributed by atoms with van der Waals surface area (Å²) in [6.07, 6.45) is -3.94. The summed E-state index contributed by atoms with van der Waals surface area (Å²) in [5, 5.41) is 5.11. The molecule has 1 aliphatic rings. The zero-order valence-corrected chi connectivity index (χ0v) is 15.6. The number of anilines is 1. The molecule has 6 nitrogen and oxygen atoms in total. The van der Waals surface area contributed by atoms with Crippen LogP contribution in [-0.2, 0) is 9.59 Å². The zero-order valence-electron chi connectivity index (χ0n) is 14.8. The van der Waals surface area contributed by atoms with Gasteiger partial charge in [-0.3, -0.25) is 14.6 Å². The number of carbonyl (C=O) groups is 2. The molecule has 1 atom stereocenters. The Kier molecular flexibility index (Phi) is 7.11. The van der Waals surface area contributed by atoms with Gasteiger partial charge in [-0.15, -0.1) is 13.2 Å². The van der Waals surface area contributed by atoms with Gasteiger partial charge in [0.25, 0.3) is 0 Å². The van der Waals surface area contributed by atoms with Crippen LogP contribution < -0.4 is 15.4 Å². The molecule has 0 saturated carbocycles. The summed E-state index contributed by atoms with van der Waals surface area (Å²) in [6.45, 7) is 4.76. The highest BCUT2D eigenvalue weighted by Crippen LogP contribution is 2.25. The van der Waals surface area contributed by atoms with Crippen molar-refractivity contribution in [2.45, 2.75) is 38.3 Å². The topological polar surface area (TPSA) is 79.8 Å². The van der Waals surface area contributed by atoms with Gasteiger partial charge in [-0.25, -0.2) is 0 Å². The number of carbonyl (C=O) groups excluding carboxylic acids is 2. The fourth-order valence-electron chi connectivity index (χ4n) is 2.16. The summed E-state index contributed by atoms with van der Waals surface area (Å²) in [4.78, 5) is 28.3. The molecule has 1 heterocycles. The van der Waals surface area contributed by atoms with Crippen LogP contribution in [0, 0.1) is 5.92 Å². The highest BCUT2D eigenvalue weighted by atomic mass is 32.2. The van der Waals surface area contributed by atoms with Crippen molar-refractivity contribution in [3.63, 3.8) is 0 Å². The van der Waals surface area contributed by atoms with E-state index in [9.17, 15) is 22.8 Å². The highest BCUT2D eigenvalue weighted by Gasteiger charge is 2.32. The average molecular weight is 403 g/mol. The molecule has 0 radical (unpaired) electrons. The van der Waals surface area contributed by atoms with Gasteiger partial charge in [-0.1, -0.05) is 25.6 Å². The van der Waals surface area contributed by atoms with Crippen LogP contribution in [0.5, 0.6) is 5.75 Å². The van der Waals surface area contributed by atoms with E-state index in [-0.39, 0.29) is 18.1 Å². The van der Waals surface area contributed by atoms with Crippen LogP contribution >= 0.6 is 11.8 Å². The van der Waals surface area contributed by atoms with Gasteiger partial charge in [0.05, 0.1) is 0 Å². The van der Waals surface area contributed by atoms with Crippen LogP contribution in [0.15, 0.2) is 29.3 Å². The third-order valence-electron chi connectivity index (χ3n) is 3.48. The molecule has 1 aromatic carbocycles. The van der Waals surface area contributed by atoms with E-state index in [0.29, 0.717) is 23.3 Å². The molecule has 148 valence electrons. The lowest BCUT2D eigenvalue weighted by Gasteiger charge is -2.10. The summed E-state index contributed by atoms with van der Waals surface area (Å²) in [5.41, 5.74) is 0.309. The molecule has 10 heteroatoms. The van der Waals surface area contributed by atoms with Gasteiger partial charge in [-0.05, 0) is 36.6 Å². The molecule has 1 aromatic rings. The van der Waals surface area contributed by atoms with Crippen LogP contribution in [0.25, 0.3) is 0 Å². The van der Waals surface area contributed by atoms with Crippen molar-refractivity contribution in [3.8, 4) is 5.75 Å². The second kappa shape index (κ2) is 9.12. The van der Waals surface area contributed by atoms with E-state index in [1.165, 1.54) is 23.9 Å². The Labute approximate surface area is 158 Å². The number of nitrogens with zero attached hydrogens (tertiary/aromatic N) is 1. The van der Waals surface area contributed by atoms with Crippen molar-refractivity contribution in [1.82, 2.24) is 5.32 Å². The monoisotopic (exact) mass is 403 g/mol. The predicted molar refractivity (Wildman–Crippen MR) is 97.7 cm³/mol. The smallest absolute Gasteiger partial charge is 0.406 e. The number of thioether (sulfide) groups is 1. The lowest BCUT2D eigenvalue weighted by Crippen LogP contribution is -2.28. The summed E-state index contributed by atoms with van der Waals surface area (Å²) >= 11 is 1.20. The van der Waals surface area contributed by atoms with Crippen molar-refractivity contribution in [2.24, 2.45) is 10.9 Å². The Balaban J connectivity index is 1.84. The number of alkyl halides is 3. The second-order valence-corrected chi connectivity index (χ2v) is 7.48. The number of amidine groups is 1. The van der Waals surface area contributed by atoms with E-state index in [1.54, 1.807) is 0 Å². The van der Waals surface area contributed by atoms with Gasteiger partial charge >= 0.3 is 6.36 Å². The second-order valence-electron chi connectivity index (χ2n) is 6.29. The van der Waals surface area contributed by atoms with Crippen molar-refractivity contribution in [1.29, 1.82) is 0 Å². The Hall–Kier alpha value is -2.23. The maximum absolute atomic E-state index is 12.1. The Morgan fingerprint density at radius 3 is 2.59 bits per heavy atom. The average Bonchev–Trinajstić information content (AvgIpc) is 2.87. The lowest BCUT2D eigenvalue weighted by atomic mass is 10.1. The molecule has 27 heavy (non-hydrogen) atoms. The van der Waals surface area contributed by atoms with Crippen molar-refractivity contribution in [2.75, 3.05) is 11.9 Å². The van der Waals surface area contributed by atoms with Crippen LogP contribution in [0.1, 0.15) is 26.7 Å². The standard InChI is InChI=1S/C17H20F3N3O3S/c1-10(2)7-8-21-16-23-15(25)13(27-16)9-14(24)22-11-3-5-12(6-4-11)26-17(18,19)20/h3-6,10,13H,7-9H2,1-2H3,(H,22,24)(H,21,23,25)/t13-/m0/s1. The van der Waals surface area contributed by atoms with E-state index >= 15 is 0 Å². The first-order valence-corrected chi connectivity index (χ1v) is 9.18. The molecule has 2 N–H and O–H groups in total. The first kappa shape index (κ1) is 21.1. The van der Waals surface area contributed by atoms with Crippen LogP contribution in [0.3, 0.4) is 0 Å². The minimum absolute atomic E-state index is 0.0689. The normalized spacial score (nSPS) is 18.7. The molecule has 0 aliphatic carbocycles. The maximum Gasteiger partial charge on any atom is 0.573 e. The number of hydrogen-bond donors (Lipinski definition) is 2. The third-order valence-corrected chi connectivity index (χ3v) is 4.60. The summed E-state index contributed by atoms with van der Waals surface area (Å²) in [7, 11) is 0. The fourth-order valence-corrected chi connectivity index (χ4v) is 3.15. The Morgan fingerprint density at radius 1 is 1.33 bits per heavy atom. The number of amides is 2. The predicted octanol–water partition coefficient (Wildman–Crippen LogP) is 3.55. The molecule has 0 bridgehead atoms. The summed E-state index contributed by atoms with van der Waals surface area (Å²) in [6, 6.07) is 4.78. The van der Waals surface area contributed by atoms with Gasteiger partial charge in [0.15, 0.2) is 5.17 Å². The van der Waals surface area contributed by atoms with E-state index in [2.05, 4.69) is 34.2 Å². The quantitative estimate of drug-likeness (QED) is 0.730. The molecular formula is C17H20F3N3O3S. The van der Waals surface area contributed by atoms with Crippen molar-refractivity contribution < 1.29 is 27.5 Å². The molecule has 2 amide bonds. The van der Waals surface area contributed by atoms with Crippen LogP contribution in [0.4, 0.5) is 18.9 Å². The number of rotatable bonds is 7. The molecule has 1 aliphatic heterocycles. The van der Waals surface area contributed by atoms with Gasteiger partial charge in [0.2, 0.25) is 11.8 Å². The van der Waals surface area contributed by atoms with Crippen molar-refractivity contribution in [3.05, 3.63) is 24.3 Å². The minimum atomic E-state index is -4.77. The molecular weight excluding hydrogens is 383 g/mol. The van der Waals surface area contributed by atoms with E-state index in [0.717, 1.165) is 18.6 Å². The van der Waals surface area contributed by atoms with E-state index < -0.39 is 17.5 Å². The van der Waals surface area contributed by atoms with Gasteiger partial charge in [0, 0.05) is 18.7 Å². The highest BCUT2D eigenvalue weighted by molar-refractivity contribution is 8.15.